The topological polar surface area (TPSA) is 38.7 Å². The molecule has 3 heteroatoms. The molecule has 1 heterocycles. The lowest BCUT2D eigenvalue weighted by atomic mass is 10.0. The highest BCUT2D eigenvalue weighted by Crippen LogP contribution is 2.32. The van der Waals surface area contributed by atoms with Crippen molar-refractivity contribution in [3.05, 3.63) is 23.8 Å². The highest BCUT2D eigenvalue weighted by Gasteiger charge is 2.12. The first kappa shape index (κ1) is 19.1. The lowest BCUT2D eigenvalue weighted by Gasteiger charge is -2.05. The van der Waals surface area contributed by atoms with Crippen molar-refractivity contribution in [3.8, 4) is 11.5 Å². The summed E-state index contributed by atoms with van der Waals surface area (Å²) in [5, 5.41) is 9.20. The number of hydrogen-bond acceptors (Lipinski definition) is 3. The molecular formula is C21H34O3. The van der Waals surface area contributed by atoms with Crippen LogP contribution in [0.15, 0.2) is 18.2 Å². The zero-order chi connectivity index (χ0) is 17.0. The first-order valence-corrected chi connectivity index (χ1v) is 9.82. The maximum Gasteiger partial charge on any atom is 0.231 e. The van der Waals surface area contributed by atoms with Crippen LogP contribution >= 0.6 is 0 Å². The summed E-state index contributed by atoms with van der Waals surface area (Å²) in [5.74, 6) is 1.78. The SMILES string of the molecule is CC(O)CCCCCCCCCCCCc1ccc2c(c1)OCO2. The molecule has 0 amide bonds. The fourth-order valence-electron chi connectivity index (χ4n) is 3.28. The summed E-state index contributed by atoms with van der Waals surface area (Å²) in [6.07, 6.45) is 15.2. The minimum atomic E-state index is -0.123. The van der Waals surface area contributed by atoms with E-state index in [1.165, 1.54) is 69.8 Å². The van der Waals surface area contributed by atoms with Crippen molar-refractivity contribution in [1.29, 1.82) is 0 Å². The van der Waals surface area contributed by atoms with Crippen LogP contribution in [-0.2, 0) is 6.42 Å². The second-order valence-electron chi connectivity index (χ2n) is 7.11. The highest BCUT2D eigenvalue weighted by atomic mass is 16.7. The van der Waals surface area contributed by atoms with Gasteiger partial charge in [0.1, 0.15) is 0 Å². The Kier molecular flexibility index (Phi) is 9.04. The molecule has 1 aromatic carbocycles. The molecule has 1 aliphatic heterocycles. The molecule has 1 unspecified atom stereocenters. The van der Waals surface area contributed by atoms with Crippen LogP contribution in [0.5, 0.6) is 11.5 Å². The Bertz CT molecular complexity index is 456. The van der Waals surface area contributed by atoms with Gasteiger partial charge in [-0.05, 0) is 43.9 Å². The largest absolute Gasteiger partial charge is 0.454 e. The third kappa shape index (κ3) is 7.57. The Morgan fingerprint density at radius 3 is 2.08 bits per heavy atom. The lowest BCUT2D eigenvalue weighted by molar-refractivity contribution is 0.174. The summed E-state index contributed by atoms with van der Waals surface area (Å²) >= 11 is 0. The third-order valence-corrected chi connectivity index (χ3v) is 4.77. The van der Waals surface area contributed by atoms with E-state index in [-0.39, 0.29) is 6.10 Å². The van der Waals surface area contributed by atoms with Gasteiger partial charge in [0.2, 0.25) is 6.79 Å². The van der Waals surface area contributed by atoms with Gasteiger partial charge in [-0.1, -0.05) is 63.9 Å². The Balaban J connectivity index is 1.38. The maximum absolute atomic E-state index is 9.20. The van der Waals surface area contributed by atoms with Gasteiger partial charge in [-0.2, -0.15) is 0 Å². The van der Waals surface area contributed by atoms with Crippen LogP contribution in [0.25, 0.3) is 0 Å². The van der Waals surface area contributed by atoms with Crippen LogP contribution < -0.4 is 9.47 Å². The molecule has 0 fully saturated rings. The second kappa shape index (κ2) is 11.4. The van der Waals surface area contributed by atoms with Crippen LogP contribution in [0.4, 0.5) is 0 Å². The van der Waals surface area contributed by atoms with Crippen LogP contribution in [0.3, 0.4) is 0 Å². The molecule has 0 spiro atoms. The van der Waals surface area contributed by atoms with E-state index in [0.29, 0.717) is 6.79 Å². The molecule has 0 saturated carbocycles. The van der Waals surface area contributed by atoms with Gasteiger partial charge < -0.3 is 14.6 Å². The zero-order valence-corrected chi connectivity index (χ0v) is 15.3. The van der Waals surface area contributed by atoms with E-state index in [4.69, 9.17) is 9.47 Å². The third-order valence-electron chi connectivity index (χ3n) is 4.77. The van der Waals surface area contributed by atoms with E-state index >= 15 is 0 Å². The Labute approximate surface area is 147 Å². The Hall–Kier alpha value is -1.22. The zero-order valence-electron chi connectivity index (χ0n) is 15.3. The van der Waals surface area contributed by atoms with Gasteiger partial charge in [-0.3, -0.25) is 0 Å². The van der Waals surface area contributed by atoms with Crippen molar-refractivity contribution in [1.82, 2.24) is 0 Å². The normalized spacial score (nSPS) is 14.1. The summed E-state index contributed by atoms with van der Waals surface area (Å²) in [5.41, 5.74) is 1.36. The summed E-state index contributed by atoms with van der Waals surface area (Å²) < 4.78 is 10.8. The molecule has 0 bridgehead atoms. The Morgan fingerprint density at radius 1 is 0.833 bits per heavy atom. The van der Waals surface area contributed by atoms with Crippen LogP contribution in [-0.4, -0.2) is 18.0 Å². The lowest BCUT2D eigenvalue weighted by Crippen LogP contribution is -1.98. The van der Waals surface area contributed by atoms with E-state index in [9.17, 15) is 5.11 Å². The van der Waals surface area contributed by atoms with Gasteiger partial charge in [0, 0.05) is 0 Å². The van der Waals surface area contributed by atoms with Crippen molar-refractivity contribution in [3.63, 3.8) is 0 Å². The monoisotopic (exact) mass is 334 g/mol. The molecular weight excluding hydrogens is 300 g/mol. The van der Waals surface area contributed by atoms with Crippen molar-refractivity contribution >= 4 is 0 Å². The fraction of sp³-hybridized carbons (Fsp3) is 0.714. The molecule has 0 radical (unpaired) electrons. The number of aryl methyl sites for hydroxylation is 1. The molecule has 2 rings (SSSR count). The quantitative estimate of drug-likeness (QED) is 0.475. The second-order valence-corrected chi connectivity index (χ2v) is 7.11. The fourth-order valence-corrected chi connectivity index (χ4v) is 3.28. The minimum absolute atomic E-state index is 0.123. The molecule has 1 aliphatic rings. The van der Waals surface area contributed by atoms with Crippen molar-refractivity contribution in [2.75, 3.05) is 6.79 Å². The van der Waals surface area contributed by atoms with E-state index in [0.717, 1.165) is 24.3 Å². The van der Waals surface area contributed by atoms with Gasteiger partial charge >= 0.3 is 0 Å². The number of ether oxygens (including phenoxy) is 2. The van der Waals surface area contributed by atoms with Gasteiger partial charge in [0.25, 0.3) is 0 Å². The first-order valence-electron chi connectivity index (χ1n) is 9.82. The van der Waals surface area contributed by atoms with Gasteiger partial charge in [-0.15, -0.1) is 0 Å². The molecule has 1 atom stereocenters. The number of fused-ring (bicyclic) bond motifs is 1. The predicted molar refractivity (Wildman–Crippen MR) is 98.7 cm³/mol. The summed E-state index contributed by atoms with van der Waals surface area (Å²) in [4.78, 5) is 0. The highest BCUT2D eigenvalue weighted by molar-refractivity contribution is 5.44. The van der Waals surface area contributed by atoms with E-state index in [2.05, 4.69) is 12.1 Å². The minimum Gasteiger partial charge on any atom is -0.454 e. The molecule has 1 N–H and O–H groups in total. The average Bonchev–Trinajstić information content (AvgIpc) is 3.03. The van der Waals surface area contributed by atoms with Gasteiger partial charge in [0.05, 0.1) is 6.10 Å². The van der Waals surface area contributed by atoms with Crippen molar-refractivity contribution in [2.24, 2.45) is 0 Å². The first-order chi connectivity index (χ1) is 11.8. The Morgan fingerprint density at radius 2 is 1.42 bits per heavy atom. The smallest absolute Gasteiger partial charge is 0.231 e. The van der Waals surface area contributed by atoms with Gasteiger partial charge in [0.15, 0.2) is 11.5 Å². The number of aliphatic hydroxyl groups excluding tert-OH is 1. The molecule has 136 valence electrons. The maximum atomic E-state index is 9.20. The number of benzene rings is 1. The average molecular weight is 335 g/mol. The van der Waals surface area contributed by atoms with E-state index in [1.54, 1.807) is 0 Å². The number of hydrogen-bond donors (Lipinski definition) is 1. The number of unbranched alkanes of at least 4 members (excludes halogenated alkanes) is 9. The van der Waals surface area contributed by atoms with Crippen molar-refractivity contribution < 1.29 is 14.6 Å². The van der Waals surface area contributed by atoms with Crippen LogP contribution in [0, 0.1) is 0 Å². The molecule has 0 saturated heterocycles. The van der Waals surface area contributed by atoms with E-state index < -0.39 is 0 Å². The predicted octanol–water partition coefficient (Wildman–Crippen LogP) is 5.63. The molecule has 3 nitrogen and oxygen atoms in total. The molecule has 0 aromatic heterocycles. The van der Waals surface area contributed by atoms with E-state index in [1.807, 2.05) is 13.0 Å². The summed E-state index contributed by atoms with van der Waals surface area (Å²) in [7, 11) is 0. The molecule has 24 heavy (non-hydrogen) atoms. The van der Waals surface area contributed by atoms with Crippen molar-refractivity contribution in [2.45, 2.75) is 90.1 Å². The van der Waals surface area contributed by atoms with Gasteiger partial charge in [-0.25, -0.2) is 0 Å². The summed E-state index contributed by atoms with van der Waals surface area (Å²) in [6.45, 7) is 2.24. The standard InChI is InChI=1S/C21H34O3/c1-18(22)12-10-8-6-4-2-3-5-7-9-11-13-19-14-15-20-21(16-19)24-17-23-20/h14-16,18,22H,2-13,17H2,1H3. The molecule has 1 aromatic rings. The number of aliphatic hydroxyl groups is 1. The molecule has 0 aliphatic carbocycles. The summed E-state index contributed by atoms with van der Waals surface area (Å²) in [6, 6.07) is 6.31. The van der Waals surface area contributed by atoms with Crippen LogP contribution in [0.1, 0.15) is 83.1 Å². The van der Waals surface area contributed by atoms with Crippen LogP contribution in [0.2, 0.25) is 0 Å². The number of rotatable bonds is 13.